The molecule has 1 aromatic rings. The Morgan fingerprint density at radius 2 is 1.67 bits per heavy atom. The maximum atomic E-state index is 5.84. The zero-order chi connectivity index (χ0) is 11.1. The largest absolute Gasteiger partial charge is 0.565 e. The van der Waals surface area contributed by atoms with Crippen LogP contribution in [0.5, 0.6) is 5.75 Å². The first-order valence-corrected chi connectivity index (χ1v) is 7.04. The summed E-state index contributed by atoms with van der Waals surface area (Å²) in [6, 6.07) is 10.5. The molecule has 0 fully saturated rings. The minimum Gasteiger partial charge on any atom is -0.501 e. The fraction of sp³-hybridized carbons (Fsp3) is 0.455. The van der Waals surface area contributed by atoms with Crippen LogP contribution < -0.4 is 4.43 Å². The Bertz CT molecular complexity index is 272. The Hall–Kier alpha value is -0.843. The fourth-order valence-corrected chi connectivity index (χ4v) is 3.35. The van der Waals surface area contributed by atoms with Gasteiger partial charge in [0, 0.05) is 20.3 Å². The third-order valence-electron chi connectivity index (χ3n) is 2.19. The number of para-hydroxylation sites is 1. The van der Waals surface area contributed by atoms with Gasteiger partial charge in [-0.05, 0) is 12.1 Å². The Kier molecular flexibility index (Phi) is 4.81. The second-order valence-electron chi connectivity index (χ2n) is 3.26. The van der Waals surface area contributed by atoms with Crippen molar-refractivity contribution in [3.05, 3.63) is 30.3 Å². The number of benzene rings is 1. The van der Waals surface area contributed by atoms with E-state index in [2.05, 4.69) is 6.92 Å². The van der Waals surface area contributed by atoms with Gasteiger partial charge in [-0.25, -0.2) is 0 Å². The molecule has 0 aliphatic rings. The molecule has 0 atom stereocenters. The molecule has 0 N–H and O–H groups in total. The molecule has 3 nitrogen and oxygen atoms in total. The van der Waals surface area contributed by atoms with Crippen LogP contribution in [0.2, 0.25) is 6.04 Å². The summed E-state index contributed by atoms with van der Waals surface area (Å²) < 4.78 is 16.7. The van der Waals surface area contributed by atoms with Crippen molar-refractivity contribution in [1.82, 2.24) is 0 Å². The second-order valence-corrected chi connectivity index (χ2v) is 6.14. The van der Waals surface area contributed by atoms with E-state index in [1.165, 1.54) is 0 Å². The quantitative estimate of drug-likeness (QED) is 0.698. The third-order valence-corrected chi connectivity index (χ3v) is 5.10. The van der Waals surface area contributed by atoms with Crippen LogP contribution in [0.25, 0.3) is 0 Å². The average Bonchev–Trinajstić information content (AvgIpc) is 2.30. The van der Waals surface area contributed by atoms with Crippen molar-refractivity contribution in [2.24, 2.45) is 0 Å². The summed E-state index contributed by atoms with van der Waals surface area (Å²) in [5, 5.41) is 0. The molecule has 0 aliphatic heterocycles. The summed E-state index contributed by atoms with van der Waals surface area (Å²) in [4.78, 5) is 0. The molecule has 0 amide bonds. The molecule has 0 radical (unpaired) electrons. The van der Waals surface area contributed by atoms with Gasteiger partial charge in [0.2, 0.25) is 0 Å². The maximum absolute atomic E-state index is 5.84. The molecule has 0 aromatic heterocycles. The Balaban J connectivity index is 2.74. The van der Waals surface area contributed by atoms with Gasteiger partial charge in [0.1, 0.15) is 5.75 Å². The van der Waals surface area contributed by atoms with Crippen molar-refractivity contribution in [3.63, 3.8) is 0 Å². The van der Waals surface area contributed by atoms with Crippen molar-refractivity contribution in [1.29, 1.82) is 0 Å². The second kappa shape index (κ2) is 5.90. The van der Waals surface area contributed by atoms with Gasteiger partial charge < -0.3 is 13.3 Å². The highest BCUT2D eigenvalue weighted by Crippen LogP contribution is 2.20. The fourth-order valence-electron chi connectivity index (χ4n) is 1.40. The van der Waals surface area contributed by atoms with Crippen LogP contribution >= 0.6 is 0 Å². The lowest BCUT2D eigenvalue weighted by Crippen LogP contribution is -2.46. The van der Waals surface area contributed by atoms with E-state index >= 15 is 0 Å². The summed E-state index contributed by atoms with van der Waals surface area (Å²) in [6.07, 6.45) is 0.987. The first kappa shape index (κ1) is 12.2. The standard InChI is InChI=1S/C11H18O3Si/c1-4-10-15(12-2,13-3)14-11-8-6-5-7-9-11/h5-9H,4,10H2,1-3H3. The highest BCUT2D eigenvalue weighted by atomic mass is 28.4. The van der Waals surface area contributed by atoms with E-state index in [0.717, 1.165) is 18.2 Å². The SMILES string of the molecule is CCC[Si](OC)(OC)Oc1ccccc1. The monoisotopic (exact) mass is 226 g/mol. The van der Waals surface area contributed by atoms with Crippen LogP contribution in [0, 0.1) is 0 Å². The van der Waals surface area contributed by atoms with Crippen LogP contribution in [0.1, 0.15) is 13.3 Å². The number of hydrogen-bond acceptors (Lipinski definition) is 3. The van der Waals surface area contributed by atoms with Gasteiger partial charge in [0.15, 0.2) is 0 Å². The van der Waals surface area contributed by atoms with Crippen molar-refractivity contribution in [2.75, 3.05) is 14.2 Å². The van der Waals surface area contributed by atoms with Crippen molar-refractivity contribution in [3.8, 4) is 5.75 Å². The molecule has 0 saturated heterocycles. The van der Waals surface area contributed by atoms with Crippen LogP contribution in [0.4, 0.5) is 0 Å². The lowest BCUT2D eigenvalue weighted by atomic mass is 10.3. The zero-order valence-corrected chi connectivity index (χ0v) is 10.5. The molecule has 4 heteroatoms. The van der Waals surface area contributed by atoms with Crippen molar-refractivity contribution < 1.29 is 13.3 Å². The lowest BCUT2D eigenvalue weighted by molar-refractivity contribution is 0.160. The van der Waals surface area contributed by atoms with Crippen molar-refractivity contribution >= 4 is 8.80 Å². The van der Waals surface area contributed by atoms with E-state index in [9.17, 15) is 0 Å². The van der Waals surface area contributed by atoms with Gasteiger partial charge in [0.05, 0.1) is 0 Å². The van der Waals surface area contributed by atoms with Gasteiger partial charge >= 0.3 is 8.80 Å². The summed E-state index contributed by atoms with van der Waals surface area (Å²) in [5.41, 5.74) is 0. The predicted octanol–water partition coefficient (Wildman–Crippen LogP) is 2.71. The molecule has 0 aliphatic carbocycles. The van der Waals surface area contributed by atoms with Gasteiger partial charge in [-0.15, -0.1) is 0 Å². The molecule has 1 rings (SSSR count). The van der Waals surface area contributed by atoms with Gasteiger partial charge in [-0.2, -0.15) is 0 Å². The van der Waals surface area contributed by atoms with Crippen LogP contribution in [0.3, 0.4) is 0 Å². The highest BCUT2D eigenvalue weighted by Gasteiger charge is 2.40. The molecule has 0 bridgehead atoms. The van der Waals surface area contributed by atoms with Crippen LogP contribution in [-0.2, 0) is 8.85 Å². The normalized spacial score (nSPS) is 11.4. The average molecular weight is 226 g/mol. The third kappa shape index (κ3) is 3.34. The van der Waals surface area contributed by atoms with Gasteiger partial charge in [0.25, 0.3) is 0 Å². The van der Waals surface area contributed by atoms with E-state index in [-0.39, 0.29) is 0 Å². The smallest absolute Gasteiger partial charge is 0.501 e. The summed E-state index contributed by atoms with van der Waals surface area (Å²) in [6.45, 7) is 2.09. The van der Waals surface area contributed by atoms with E-state index in [1.54, 1.807) is 14.2 Å². The molecular formula is C11H18O3Si. The molecule has 0 heterocycles. The maximum Gasteiger partial charge on any atom is 0.565 e. The molecule has 15 heavy (non-hydrogen) atoms. The number of rotatable bonds is 6. The van der Waals surface area contributed by atoms with Crippen LogP contribution in [0.15, 0.2) is 30.3 Å². The molecule has 0 saturated carbocycles. The number of hydrogen-bond donors (Lipinski definition) is 0. The van der Waals surface area contributed by atoms with E-state index in [1.807, 2.05) is 30.3 Å². The molecule has 84 valence electrons. The minimum atomic E-state index is -2.48. The first-order chi connectivity index (χ1) is 7.26. The highest BCUT2D eigenvalue weighted by molar-refractivity contribution is 6.61. The van der Waals surface area contributed by atoms with Crippen LogP contribution in [-0.4, -0.2) is 23.0 Å². The van der Waals surface area contributed by atoms with E-state index in [4.69, 9.17) is 13.3 Å². The molecular weight excluding hydrogens is 208 g/mol. The predicted molar refractivity (Wildman–Crippen MR) is 61.9 cm³/mol. The molecule has 0 unspecified atom stereocenters. The first-order valence-electron chi connectivity index (χ1n) is 5.10. The molecule has 0 spiro atoms. The topological polar surface area (TPSA) is 27.7 Å². The Morgan fingerprint density at radius 1 is 1.07 bits per heavy atom. The molecule has 1 aromatic carbocycles. The van der Waals surface area contributed by atoms with Crippen molar-refractivity contribution in [2.45, 2.75) is 19.4 Å². The van der Waals surface area contributed by atoms with Gasteiger partial charge in [-0.1, -0.05) is 31.5 Å². The summed E-state index contributed by atoms with van der Waals surface area (Å²) >= 11 is 0. The zero-order valence-electron chi connectivity index (χ0n) is 9.53. The lowest BCUT2D eigenvalue weighted by Gasteiger charge is -2.26. The van der Waals surface area contributed by atoms with Gasteiger partial charge in [-0.3, -0.25) is 0 Å². The summed E-state index contributed by atoms with van der Waals surface area (Å²) in [7, 11) is 0.810. The Morgan fingerprint density at radius 3 is 2.13 bits per heavy atom. The van der Waals surface area contributed by atoms with E-state index < -0.39 is 8.80 Å². The van der Waals surface area contributed by atoms with E-state index in [0.29, 0.717) is 0 Å². The minimum absolute atomic E-state index is 0.807. The Labute approximate surface area is 92.3 Å². The summed E-state index contributed by atoms with van der Waals surface area (Å²) in [5.74, 6) is 0.807.